The minimum atomic E-state index is 0.155. The standard InChI is InChI=1S/C44H30N4OS/c1-49-36-23-13-22-33-38-39-37(31-20-11-12-21-32(31)41(38)50-40(33)36)34-26-30(27-14-5-2-6-15-27)24-25-35(34)48(39)44-46-42(28-16-7-3-8-17-28)45-43(47-44)29-18-9-4-10-19-29/h2-21,23-26,33H,22H2,1H3. The van der Waals surface area contributed by atoms with Crippen LogP contribution in [0.4, 0.5) is 0 Å². The van der Waals surface area contributed by atoms with E-state index >= 15 is 0 Å². The van der Waals surface area contributed by atoms with E-state index in [2.05, 4.69) is 114 Å². The number of ether oxygens (including phenoxy) is 1. The monoisotopic (exact) mass is 662 g/mol. The summed E-state index contributed by atoms with van der Waals surface area (Å²) in [6.07, 6.45) is 5.26. The molecule has 1 aliphatic carbocycles. The van der Waals surface area contributed by atoms with Crippen molar-refractivity contribution in [2.24, 2.45) is 0 Å². The molecule has 1 aliphatic heterocycles. The summed E-state index contributed by atoms with van der Waals surface area (Å²) in [5, 5.41) is 4.86. The van der Waals surface area contributed by atoms with Crippen molar-refractivity contribution >= 4 is 44.3 Å². The first kappa shape index (κ1) is 29.0. The number of methoxy groups -OCH3 is 1. The average Bonchev–Trinajstić information content (AvgIpc) is 3.75. The Kier molecular flexibility index (Phi) is 6.71. The number of aromatic nitrogens is 4. The third kappa shape index (κ3) is 4.45. The van der Waals surface area contributed by atoms with Gasteiger partial charge in [-0.3, -0.25) is 4.57 Å². The quantitative estimate of drug-likeness (QED) is 0.184. The van der Waals surface area contributed by atoms with E-state index in [0.717, 1.165) is 34.3 Å². The lowest BCUT2D eigenvalue weighted by Crippen LogP contribution is -2.09. The molecule has 0 spiro atoms. The Morgan fingerprint density at radius 1 is 0.640 bits per heavy atom. The Hall–Kier alpha value is -5.98. The van der Waals surface area contributed by atoms with Crippen molar-refractivity contribution in [3.8, 4) is 39.9 Å². The third-order valence-corrected chi connectivity index (χ3v) is 11.2. The molecule has 5 nitrogen and oxygen atoms in total. The summed E-state index contributed by atoms with van der Waals surface area (Å²) < 4.78 is 8.27. The van der Waals surface area contributed by atoms with Gasteiger partial charge < -0.3 is 4.74 Å². The van der Waals surface area contributed by atoms with Crippen molar-refractivity contribution in [2.75, 3.05) is 7.11 Å². The van der Waals surface area contributed by atoms with E-state index in [1.807, 2.05) is 48.2 Å². The maximum Gasteiger partial charge on any atom is 0.238 e. The fraction of sp³-hybridized carbons (Fsp3) is 0.0682. The van der Waals surface area contributed by atoms with E-state index in [-0.39, 0.29) is 5.92 Å². The highest BCUT2D eigenvalue weighted by atomic mass is 32.2. The summed E-state index contributed by atoms with van der Waals surface area (Å²) in [7, 11) is 1.77. The summed E-state index contributed by atoms with van der Waals surface area (Å²) in [5.74, 6) is 2.97. The summed E-state index contributed by atoms with van der Waals surface area (Å²) in [4.78, 5) is 18.1. The molecule has 1 atom stereocenters. The van der Waals surface area contributed by atoms with Gasteiger partial charge in [-0.15, -0.1) is 0 Å². The van der Waals surface area contributed by atoms with Gasteiger partial charge in [0, 0.05) is 37.6 Å². The first-order chi connectivity index (χ1) is 24.8. The highest BCUT2D eigenvalue weighted by molar-refractivity contribution is 8.03. The molecule has 0 saturated heterocycles. The minimum Gasteiger partial charge on any atom is -0.496 e. The highest BCUT2D eigenvalue weighted by Crippen LogP contribution is 2.59. The molecule has 2 aromatic heterocycles. The molecule has 10 rings (SSSR count). The second-order valence-corrected chi connectivity index (χ2v) is 13.7. The average molecular weight is 663 g/mol. The maximum absolute atomic E-state index is 5.96. The zero-order valence-electron chi connectivity index (χ0n) is 27.2. The van der Waals surface area contributed by atoms with Gasteiger partial charge in [0.1, 0.15) is 5.76 Å². The maximum atomic E-state index is 5.96. The number of rotatable bonds is 5. The van der Waals surface area contributed by atoms with Gasteiger partial charge in [-0.1, -0.05) is 139 Å². The van der Waals surface area contributed by atoms with E-state index < -0.39 is 0 Å². The lowest BCUT2D eigenvalue weighted by molar-refractivity contribution is 0.301. The van der Waals surface area contributed by atoms with E-state index in [4.69, 9.17) is 19.7 Å². The van der Waals surface area contributed by atoms with Gasteiger partial charge in [-0.05, 0) is 52.1 Å². The zero-order valence-corrected chi connectivity index (χ0v) is 28.1. The van der Waals surface area contributed by atoms with Crippen molar-refractivity contribution in [1.82, 2.24) is 19.5 Å². The summed E-state index contributed by atoms with van der Waals surface area (Å²) >= 11 is 1.85. The van der Waals surface area contributed by atoms with Gasteiger partial charge in [0.15, 0.2) is 11.6 Å². The molecule has 238 valence electrons. The summed E-state index contributed by atoms with van der Waals surface area (Å²) in [6.45, 7) is 0. The molecule has 0 radical (unpaired) electrons. The molecule has 0 amide bonds. The molecule has 0 saturated carbocycles. The van der Waals surface area contributed by atoms with Crippen LogP contribution < -0.4 is 0 Å². The topological polar surface area (TPSA) is 52.8 Å². The van der Waals surface area contributed by atoms with Gasteiger partial charge in [0.05, 0.1) is 18.1 Å². The second-order valence-electron chi connectivity index (χ2n) is 12.7. The molecule has 0 bridgehead atoms. The second kappa shape index (κ2) is 11.6. The largest absolute Gasteiger partial charge is 0.496 e. The predicted molar refractivity (Wildman–Crippen MR) is 204 cm³/mol. The molecule has 3 heterocycles. The van der Waals surface area contributed by atoms with Crippen molar-refractivity contribution in [1.29, 1.82) is 0 Å². The Bertz CT molecular complexity index is 2620. The third-order valence-electron chi connectivity index (χ3n) is 9.88. The van der Waals surface area contributed by atoms with Crippen LogP contribution in [0.1, 0.15) is 17.9 Å². The van der Waals surface area contributed by atoms with Crippen LogP contribution >= 0.6 is 11.8 Å². The van der Waals surface area contributed by atoms with Gasteiger partial charge in [-0.2, -0.15) is 9.97 Å². The van der Waals surface area contributed by atoms with Crippen LogP contribution in [-0.4, -0.2) is 26.6 Å². The van der Waals surface area contributed by atoms with Crippen LogP contribution in [0.3, 0.4) is 0 Å². The SMILES string of the molecule is COC1=C2Sc3c(c4c(c5ccccc35)c3cc(-c5ccccc5)ccc3n4-c3nc(-c4ccccc4)nc(-c4ccccc4)n3)C2CC=C1. The van der Waals surface area contributed by atoms with Crippen molar-refractivity contribution < 1.29 is 4.74 Å². The first-order valence-electron chi connectivity index (χ1n) is 16.8. The van der Waals surface area contributed by atoms with E-state index in [0.29, 0.717) is 17.6 Å². The highest BCUT2D eigenvalue weighted by Gasteiger charge is 2.38. The van der Waals surface area contributed by atoms with Gasteiger partial charge >= 0.3 is 0 Å². The van der Waals surface area contributed by atoms with Crippen molar-refractivity contribution in [3.05, 3.63) is 162 Å². The molecular weight excluding hydrogens is 633 g/mol. The van der Waals surface area contributed by atoms with Crippen LogP contribution in [0.2, 0.25) is 0 Å². The number of allylic oxidation sites excluding steroid dienone is 3. The van der Waals surface area contributed by atoms with Crippen molar-refractivity contribution in [3.63, 3.8) is 0 Å². The normalized spacial score (nSPS) is 15.2. The van der Waals surface area contributed by atoms with Crippen LogP contribution in [0.25, 0.3) is 72.4 Å². The number of fused-ring (bicyclic) bond motifs is 10. The van der Waals surface area contributed by atoms with E-state index in [1.165, 1.54) is 48.0 Å². The Morgan fingerprint density at radius 2 is 1.26 bits per heavy atom. The molecule has 0 N–H and O–H groups in total. The van der Waals surface area contributed by atoms with Crippen LogP contribution in [-0.2, 0) is 4.74 Å². The van der Waals surface area contributed by atoms with E-state index in [9.17, 15) is 0 Å². The van der Waals surface area contributed by atoms with Crippen LogP contribution in [0, 0.1) is 0 Å². The Balaban J connectivity index is 1.38. The van der Waals surface area contributed by atoms with E-state index in [1.54, 1.807) is 7.11 Å². The molecule has 6 heteroatoms. The first-order valence-corrected chi connectivity index (χ1v) is 17.7. The number of hydrogen-bond donors (Lipinski definition) is 0. The molecular formula is C44H30N4OS. The smallest absolute Gasteiger partial charge is 0.238 e. The molecule has 0 fully saturated rings. The van der Waals surface area contributed by atoms with Crippen LogP contribution in [0.5, 0.6) is 0 Å². The number of hydrogen-bond acceptors (Lipinski definition) is 5. The lowest BCUT2D eigenvalue weighted by atomic mass is 9.88. The minimum absolute atomic E-state index is 0.155. The number of thioether (sulfide) groups is 1. The van der Waals surface area contributed by atoms with Gasteiger partial charge in [0.2, 0.25) is 5.95 Å². The Morgan fingerprint density at radius 3 is 1.92 bits per heavy atom. The number of nitrogens with zero attached hydrogens (tertiary/aromatic N) is 4. The fourth-order valence-corrected chi connectivity index (χ4v) is 9.11. The summed E-state index contributed by atoms with van der Waals surface area (Å²) in [6, 6.07) is 46.7. The lowest BCUT2D eigenvalue weighted by Gasteiger charge is -2.19. The number of benzene rings is 6. The molecule has 2 aliphatic rings. The Labute approximate surface area is 293 Å². The predicted octanol–water partition coefficient (Wildman–Crippen LogP) is 11.1. The van der Waals surface area contributed by atoms with Gasteiger partial charge in [-0.25, -0.2) is 4.98 Å². The molecule has 1 unspecified atom stereocenters. The van der Waals surface area contributed by atoms with Crippen LogP contribution in [0.15, 0.2) is 161 Å². The van der Waals surface area contributed by atoms with Crippen molar-refractivity contribution in [2.45, 2.75) is 17.2 Å². The zero-order chi connectivity index (χ0) is 33.2. The van der Waals surface area contributed by atoms with Gasteiger partial charge in [0.25, 0.3) is 0 Å². The summed E-state index contributed by atoms with van der Waals surface area (Å²) in [5.41, 5.74) is 7.74. The molecule has 50 heavy (non-hydrogen) atoms. The fourth-order valence-electron chi connectivity index (χ4n) is 7.64. The molecule has 8 aromatic rings. The molecule has 6 aromatic carbocycles.